The Morgan fingerprint density at radius 2 is 1.14 bits per heavy atom. The summed E-state index contributed by atoms with van der Waals surface area (Å²) < 4.78 is 6.10. The molecule has 10 rings (SSSR count). The van der Waals surface area contributed by atoms with Crippen LogP contribution >= 0.6 is 22.7 Å². The molecule has 0 fully saturated rings. The van der Waals surface area contributed by atoms with E-state index < -0.39 is 0 Å². The molecule has 0 spiro atoms. The molecule has 4 aromatic heterocycles. The largest absolute Gasteiger partial charge is 0.292 e. The molecular weight excluding hydrogens is 563 g/mol. The zero-order valence-corrected chi connectivity index (χ0v) is 24.4. The Balaban J connectivity index is 1.36. The molecule has 10 aromatic rings. The van der Waals surface area contributed by atoms with Gasteiger partial charge in [-0.25, -0.2) is 9.97 Å². The second-order valence-electron chi connectivity index (χ2n) is 11.0. The summed E-state index contributed by atoms with van der Waals surface area (Å²) in [7, 11) is 0. The van der Waals surface area contributed by atoms with Gasteiger partial charge >= 0.3 is 0 Å². The van der Waals surface area contributed by atoms with E-state index in [1.165, 1.54) is 46.4 Å². The van der Waals surface area contributed by atoms with Crippen LogP contribution in [0.1, 0.15) is 0 Å². The van der Waals surface area contributed by atoms with E-state index in [1.807, 2.05) is 11.3 Å². The summed E-state index contributed by atoms with van der Waals surface area (Å²) in [5, 5.41) is 8.61. The van der Waals surface area contributed by atoms with Crippen molar-refractivity contribution in [1.82, 2.24) is 14.5 Å². The number of thiophene rings is 2. The van der Waals surface area contributed by atoms with Gasteiger partial charge in [0.1, 0.15) is 16.0 Å². The number of hydrogen-bond donors (Lipinski definition) is 0. The van der Waals surface area contributed by atoms with Crippen LogP contribution in [0.4, 0.5) is 0 Å². The highest BCUT2D eigenvalue weighted by atomic mass is 32.1. The molecular formula is C38H21N3S2. The first-order valence-electron chi connectivity index (χ1n) is 14.3. The summed E-state index contributed by atoms with van der Waals surface area (Å²) >= 11 is 3.55. The van der Waals surface area contributed by atoms with Crippen LogP contribution in [0.15, 0.2) is 127 Å². The van der Waals surface area contributed by atoms with Gasteiger partial charge in [0.2, 0.25) is 0 Å². The van der Waals surface area contributed by atoms with Gasteiger partial charge in [0.15, 0.2) is 5.82 Å². The molecule has 0 saturated heterocycles. The van der Waals surface area contributed by atoms with Crippen LogP contribution in [-0.2, 0) is 0 Å². The van der Waals surface area contributed by atoms with Crippen molar-refractivity contribution in [2.24, 2.45) is 0 Å². The van der Waals surface area contributed by atoms with Crippen molar-refractivity contribution in [1.29, 1.82) is 0 Å². The third-order valence-electron chi connectivity index (χ3n) is 8.60. The minimum Gasteiger partial charge on any atom is -0.292 e. The smallest absolute Gasteiger partial charge is 0.165 e. The van der Waals surface area contributed by atoms with Crippen molar-refractivity contribution in [2.75, 3.05) is 0 Å². The Bertz CT molecular complexity index is 2750. The highest BCUT2D eigenvalue weighted by Gasteiger charge is 2.22. The van der Waals surface area contributed by atoms with Crippen LogP contribution < -0.4 is 0 Å². The Hall–Kier alpha value is -5.10. The maximum Gasteiger partial charge on any atom is 0.165 e. The topological polar surface area (TPSA) is 30.7 Å². The second kappa shape index (κ2) is 8.71. The van der Waals surface area contributed by atoms with Gasteiger partial charge in [0.25, 0.3) is 0 Å². The monoisotopic (exact) mass is 583 g/mol. The summed E-state index contributed by atoms with van der Waals surface area (Å²) in [6, 6.07) is 45.8. The van der Waals surface area contributed by atoms with Gasteiger partial charge in [-0.3, -0.25) is 4.57 Å². The lowest BCUT2D eigenvalue weighted by Gasteiger charge is -2.13. The van der Waals surface area contributed by atoms with E-state index in [2.05, 4.69) is 132 Å². The molecule has 0 aliphatic heterocycles. The highest BCUT2D eigenvalue weighted by molar-refractivity contribution is 7.26. The lowest BCUT2D eigenvalue weighted by molar-refractivity contribution is 1.09. The molecule has 0 unspecified atom stereocenters. The van der Waals surface area contributed by atoms with E-state index >= 15 is 0 Å². The van der Waals surface area contributed by atoms with E-state index in [-0.39, 0.29) is 0 Å². The van der Waals surface area contributed by atoms with Crippen LogP contribution in [0.5, 0.6) is 0 Å². The first-order valence-corrected chi connectivity index (χ1v) is 16.0. The number of rotatable bonds is 2. The minimum atomic E-state index is 0.859. The number of nitrogens with zero attached hydrogens (tertiary/aromatic N) is 3. The standard InChI is InChI=1S/C38H21N3S2/c1-2-10-23-20-31-29(19-22(23)9-1)25-11-3-6-14-30(25)41(31)37-35(40-38-36(39-37)28-13-5-8-16-33(28)43-38)24-17-18-27-26-12-4-7-15-32(26)42-34(27)21-24/h1-21H. The average Bonchev–Trinajstić information content (AvgIpc) is 3.71. The molecule has 0 N–H and O–H groups in total. The quantitative estimate of drug-likeness (QED) is 0.203. The fraction of sp³-hybridized carbons (Fsp3) is 0. The number of hydrogen-bond acceptors (Lipinski definition) is 4. The molecule has 4 heterocycles. The van der Waals surface area contributed by atoms with Gasteiger partial charge in [-0.05, 0) is 47.2 Å². The van der Waals surface area contributed by atoms with Gasteiger partial charge in [0, 0.05) is 46.6 Å². The average molecular weight is 584 g/mol. The maximum absolute atomic E-state index is 5.50. The summed E-state index contributed by atoms with van der Waals surface area (Å²) in [6.45, 7) is 0. The Labute approximate surface area is 253 Å². The molecule has 200 valence electrons. The fourth-order valence-corrected chi connectivity index (χ4v) is 8.78. The Morgan fingerprint density at radius 1 is 0.465 bits per heavy atom. The number of aromatic nitrogens is 3. The van der Waals surface area contributed by atoms with Crippen LogP contribution in [0, 0.1) is 0 Å². The van der Waals surface area contributed by atoms with E-state index in [0.717, 1.165) is 43.8 Å². The van der Waals surface area contributed by atoms with Crippen LogP contribution in [0.25, 0.3) is 90.3 Å². The van der Waals surface area contributed by atoms with E-state index in [1.54, 1.807) is 11.3 Å². The maximum atomic E-state index is 5.50. The van der Waals surface area contributed by atoms with Crippen molar-refractivity contribution in [3.8, 4) is 17.1 Å². The highest BCUT2D eigenvalue weighted by Crippen LogP contribution is 2.42. The normalized spacial score (nSPS) is 12.2. The van der Waals surface area contributed by atoms with Gasteiger partial charge < -0.3 is 0 Å². The van der Waals surface area contributed by atoms with Crippen molar-refractivity contribution >= 4 is 95.9 Å². The molecule has 0 atom stereocenters. The van der Waals surface area contributed by atoms with Gasteiger partial charge in [-0.15, -0.1) is 22.7 Å². The van der Waals surface area contributed by atoms with Crippen molar-refractivity contribution in [3.63, 3.8) is 0 Å². The number of fused-ring (bicyclic) bond motifs is 10. The third kappa shape index (κ3) is 3.35. The van der Waals surface area contributed by atoms with E-state index in [9.17, 15) is 0 Å². The van der Waals surface area contributed by atoms with Crippen LogP contribution in [-0.4, -0.2) is 14.5 Å². The van der Waals surface area contributed by atoms with Crippen LogP contribution in [0.3, 0.4) is 0 Å². The van der Waals surface area contributed by atoms with Crippen LogP contribution in [0.2, 0.25) is 0 Å². The third-order valence-corrected chi connectivity index (χ3v) is 10.8. The number of para-hydroxylation sites is 1. The summed E-state index contributed by atoms with van der Waals surface area (Å²) in [5.41, 5.74) is 5.19. The molecule has 43 heavy (non-hydrogen) atoms. The van der Waals surface area contributed by atoms with Gasteiger partial charge in [0.05, 0.1) is 11.0 Å². The van der Waals surface area contributed by atoms with Crippen molar-refractivity contribution < 1.29 is 0 Å². The van der Waals surface area contributed by atoms with Crippen molar-refractivity contribution in [3.05, 3.63) is 127 Å². The molecule has 0 amide bonds. The molecule has 5 heteroatoms. The predicted octanol–water partition coefficient (Wildman–Crippen LogP) is 11.1. The molecule has 0 bridgehead atoms. The SMILES string of the molecule is c1ccc2cc3c(cc2c1)c1ccccc1n3-c1nc2c(nc1-c1ccc3c(c1)sc1ccccc13)sc1ccccc12. The minimum absolute atomic E-state index is 0.859. The molecule has 0 saturated carbocycles. The van der Waals surface area contributed by atoms with E-state index in [0.29, 0.717) is 0 Å². The fourth-order valence-electron chi connectivity index (χ4n) is 6.62. The molecule has 0 aliphatic rings. The molecule has 0 radical (unpaired) electrons. The Kier molecular flexibility index (Phi) is 4.75. The zero-order valence-electron chi connectivity index (χ0n) is 22.8. The lowest BCUT2D eigenvalue weighted by atomic mass is 10.1. The molecule has 0 aliphatic carbocycles. The summed E-state index contributed by atoms with van der Waals surface area (Å²) in [5.74, 6) is 0.859. The molecule has 3 nitrogen and oxygen atoms in total. The molecule has 6 aromatic carbocycles. The number of benzene rings is 6. The van der Waals surface area contributed by atoms with Gasteiger partial charge in [-0.1, -0.05) is 91.0 Å². The Morgan fingerprint density at radius 3 is 2.00 bits per heavy atom. The lowest BCUT2D eigenvalue weighted by Crippen LogP contribution is -2.03. The summed E-state index contributed by atoms with van der Waals surface area (Å²) in [4.78, 5) is 11.9. The van der Waals surface area contributed by atoms with Gasteiger partial charge in [-0.2, -0.15) is 0 Å². The van der Waals surface area contributed by atoms with Crippen molar-refractivity contribution in [2.45, 2.75) is 0 Å². The first-order chi connectivity index (χ1) is 21.3. The predicted molar refractivity (Wildman–Crippen MR) is 185 cm³/mol. The second-order valence-corrected chi connectivity index (χ2v) is 13.1. The first kappa shape index (κ1) is 23.5. The van der Waals surface area contributed by atoms with E-state index in [4.69, 9.17) is 9.97 Å². The zero-order chi connectivity index (χ0) is 28.1. The summed E-state index contributed by atoms with van der Waals surface area (Å²) in [6.07, 6.45) is 0.